The Balaban J connectivity index is 1.67. The molecule has 0 aliphatic carbocycles. The van der Waals surface area contributed by atoms with E-state index in [1.165, 1.54) is 5.56 Å². The molecule has 0 unspecified atom stereocenters. The van der Waals surface area contributed by atoms with Crippen molar-refractivity contribution in [3.8, 4) is 0 Å². The van der Waals surface area contributed by atoms with Crippen molar-refractivity contribution in [1.82, 2.24) is 24.6 Å². The van der Waals surface area contributed by atoms with Crippen molar-refractivity contribution in [2.75, 3.05) is 13.1 Å². The van der Waals surface area contributed by atoms with Crippen molar-refractivity contribution in [2.24, 2.45) is 0 Å². The van der Waals surface area contributed by atoms with E-state index in [1.54, 1.807) is 0 Å². The highest BCUT2D eigenvalue weighted by Gasteiger charge is 2.08. The number of nitrogens with one attached hydrogen (secondary N) is 1. The highest BCUT2D eigenvalue weighted by atomic mass is 15.3. The molecule has 21 heavy (non-hydrogen) atoms. The van der Waals surface area contributed by atoms with Gasteiger partial charge in [-0.2, -0.15) is 5.10 Å². The zero-order valence-electron chi connectivity index (χ0n) is 12.6. The van der Waals surface area contributed by atoms with Gasteiger partial charge in [-0.3, -0.25) is 9.58 Å². The molecule has 0 bridgehead atoms. The van der Waals surface area contributed by atoms with Crippen molar-refractivity contribution in [3.05, 3.63) is 48.0 Å². The number of aromatic amines is 1. The number of likely N-dealkylation sites (N-methyl/N-ethyl adjacent to an activating group) is 1. The Morgan fingerprint density at radius 2 is 2.24 bits per heavy atom. The minimum Gasteiger partial charge on any atom is -0.341 e. The Bertz CT molecular complexity index is 699. The molecule has 0 aliphatic rings. The van der Waals surface area contributed by atoms with Crippen molar-refractivity contribution >= 4 is 11.0 Å². The van der Waals surface area contributed by atoms with Crippen LogP contribution in [0.2, 0.25) is 0 Å². The van der Waals surface area contributed by atoms with Gasteiger partial charge in [-0.15, -0.1) is 0 Å². The summed E-state index contributed by atoms with van der Waals surface area (Å²) < 4.78 is 1.96. The molecule has 0 radical (unpaired) electrons. The van der Waals surface area contributed by atoms with E-state index >= 15 is 0 Å². The van der Waals surface area contributed by atoms with Gasteiger partial charge in [-0.05, 0) is 37.2 Å². The minimum atomic E-state index is 0.839. The molecule has 2 heterocycles. The molecule has 0 fully saturated rings. The first-order chi connectivity index (χ1) is 10.2. The van der Waals surface area contributed by atoms with Crippen LogP contribution >= 0.6 is 0 Å². The number of aromatic nitrogens is 4. The van der Waals surface area contributed by atoms with Gasteiger partial charge in [0.25, 0.3) is 0 Å². The number of hydrogen-bond acceptors (Lipinski definition) is 3. The van der Waals surface area contributed by atoms with Crippen LogP contribution in [0.1, 0.15) is 18.3 Å². The van der Waals surface area contributed by atoms with Gasteiger partial charge in [-0.25, -0.2) is 4.98 Å². The number of aryl methyl sites for hydroxylation is 1. The molecule has 0 spiro atoms. The predicted octanol–water partition coefficient (Wildman–Crippen LogP) is 2.59. The summed E-state index contributed by atoms with van der Waals surface area (Å²) in [6, 6.07) is 8.27. The number of hydrogen-bond donors (Lipinski definition) is 1. The summed E-state index contributed by atoms with van der Waals surface area (Å²) in [7, 11) is 0. The topological polar surface area (TPSA) is 49.7 Å². The third-order valence-electron chi connectivity index (χ3n) is 3.71. The highest BCUT2D eigenvalue weighted by molar-refractivity contribution is 5.75. The summed E-state index contributed by atoms with van der Waals surface area (Å²) >= 11 is 0. The molecular weight excluding hydrogens is 262 g/mol. The number of rotatable bonds is 6. The van der Waals surface area contributed by atoms with E-state index in [4.69, 9.17) is 0 Å². The van der Waals surface area contributed by atoms with Crippen LogP contribution in [-0.4, -0.2) is 37.7 Å². The Labute approximate surface area is 124 Å². The summed E-state index contributed by atoms with van der Waals surface area (Å²) in [5.41, 5.74) is 3.41. The fraction of sp³-hybridized carbons (Fsp3) is 0.375. The lowest BCUT2D eigenvalue weighted by Crippen LogP contribution is -2.27. The molecule has 1 aromatic carbocycles. The van der Waals surface area contributed by atoms with Gasteiger partial charge in [0.05, 0.1) is 24.1 Å². The van der Waals surface area contributed by atoms with Crippen LogP contribution in [0.4, 0.5) is 0 Å². The van der Waals surface area contributed by atoms with Gasteiger partial charge >= 0.3 is 0 Å². The van der Waals surface area contributed by atoms with E-state index < -0.39 is 0 Å². The number of benzene rings is 1. The standard InChI is InChI=1S/C16H21N5/c1-3-20(9-10-21-8-4-7-17-21)12-16-18-14-6-5-13(2)11-15(14)19-16/h4-8,11H,3,9-10,12H2,1-2H3,(H,18,19). The molecule has 5 heteroatoms. The largest absolute Gasteiger partial charge is 0.341 e. The summed E-state index contributed by atoms with van der Waals surface area (Å²) in [6.07, 6.45) is 3.82. The molecule has 3 rings (SSSR count). The number of H-pyrrole nitrogens is 1. The van der Waals surface area contributed by atoms with E-state index in [0.29, 0.717) is 0 Å². The lowest BCUT2D eigenvalue weighted by atomic mass is 10.2. The monoisotopic (exact) mass is 283 g/mol. The van der Waals surface area contributed by atoms with Crippen LogP contribution in [0.3, 0.4) is 0 Å². The molecule has 0 amide bonds. The third kappa shape index (κ3) is 3.31. The molecule has 0 saturated heterocycles. The summed E-state index contributed by atoms with van der Waals surface area (Å²) in [5.74, 6) is 1.03. The van der Waals surface area contributed by atoms with Crippen LogP contribution in [0.15, 0.2) is 36.7 Å². The smallest absolute Gasteiger partial charge is 0.121 e. The summed E-state index contributed by atoms with van der Waals surface area (Å²) in [5, 5.41) is 4.24. The van der Waals surface area contributed by atoms with Crippen molar-refractivity contribution < 1.29 is 0 Å². The maximum Gasteiger partial charge on any atom is 0.121 e. The van der Waals surface area contributed by atoms with Gasteiger partial charge in [0.1, 0.15) is 5.82 Å². The zero-order valence-corrected chi connectivity index (χ0v) is 12.6. The Morgan fingerprint density at radius 1 is 1.33 bits per heavy atom. The second-order valence-corrected chi connectivity index (χ2v) is 5.34. The first-order valence-electron chi connectivity index (χ1n) is 7.39. The average molecular weight is 283 g/mol. The highest BCUT2D eigenvalue weighted by Crippen LogP contribution is 2.14. The molecule has 0 aliphatic heterocycles. The average Bonchev–Trinajstić information content (AvgIpc) is 3.11. The van der Waals surface area contributed by atoms with Crippen LogP contribution in [-0.2, 0) is 13.1 Å². The molecule has 5 nitrogen and oxygen atoms in total. The molecular formula is C16H21N5. The number of fused-ring (bicyclic) bond motifs is 1. The second kappa shape index (κ2) is 6.10. The van der Waals surface area contributed by atoms with Gasteiger partial charge in [0.2, 0.25) is 0 Å². The van der Waals surface area contributed by atoms with Crippen molar-refractivity contribution in [3.63, 3.8) is 0 Å². The SMILES string of the molecule is CCN(CCn1cccn1)Cc1nc2ccc(C)cc2[nH]1. The normalized spacial score (nSPS) is 11.6. The number of nitrogens with zero attached hydrogens (tertiary/aromatic N) is 4. The van der Waals surface area contributed by atoms with Gasteiger partial charge in [-0.1, -0.05) is 13.0 Å². The molecule has 0 saturated carbocycles. The van der Waals surface area contributed by atoms with E-state index in [9.17, 15) is 0 Å². The predicted molar refractivity (Wildman–Crippen MR) is 84.0 cm³/mol. The quantitative estimate of drug-likeness (QED) is 0.756. The summed E-state index contributed by atoms with van der Waals surface area (Å²) in [6.45, 7) is 7.98. The molecule has 110 valence electrons. The van der Waals surface area contributed by atoms with Crippen molar-refractivity contribution in [2.45, 2.75) is 26.9 Å². The van der Waals surface area contributed by atoms with E-state index in [2.05, 4.69) is 52.0 Å². The summed E-state index contributed by atoms with van der Waals surface area (Å²) in [4.78, 5) is 10.5. The van der Waals surface area contributed by atoms with Crippen LogP contribution in [0, 0.1) is 6.92 Å². The van der Waals surface area contributed by atoms with E-state index in [0.717, 1.165) is 43.0 Å². The molecule has 0 atom stereocenters. The fourth-order valence-electron chi connectivity index (χ4n) is 2.49. The Morgan fingerprint density at radius 3 is 3.00 bits per heavy atom. The maximum absolute atomic E-state index is 4.67. The van der Waals surface area contributed by atoms with Crippen LogP contribution < -0.4 is 0 Å². The van der Waals surface area contributed by atoms with Crippen LogP contribution in [0.25, 0.3) is 11.0 Å². The lowest BCUT2D eigenvalue weighted by Gasteiger charge is -2.18. The van der Waals surface area contributed by atoms with Gasteiger partial charge in [0, 0.05) is 18.9 Å². The third-order valence-corrected chi connectivity index (χ3v) is 3.71. The molecule has 3 aromatic rings. The number of imidazole rings is 1. The van der Waals surface area contributed by atoms with Crippen LogP contribution in [0.5, 0.6) is 0 Å². The van der Waals surface area contributed by atoms with Gasteiger partial charge < -0.3 is 4.98 Å². The van der Waals surface area contributed by atoms with E-state index in [1.807, 2.05) is 23.1 Å². The minimum absolute atomic E-state index is 0.839. The Kier molecular flexibility index (Phi) is 4.01. The lowest BCUT2D eigenvalue weighted by molar-refractivity contribution is 0.258. The molecule has 1 N–H and O–H groups in total. The zero-order chi connectivity index (χ0) is 14.7. The van der Waals surface area contributed by atoms with Gasteiger partial charge in [0.15, 0.2) is 0 Å². The second-order valence-electron chi connectivity index (χ2n) is 5.34. The molecule has 2 aromatic heterocycles. The van der Waals surface area contributed by atoms with E-state index in [-0.39, 0.29) is 0 Å². The fourth-order valence-corrected chi connectivity index (χ4v) is 2.49. The first-order valence-corrected chi connectivity index (χ1v) is 7.39. The maximum atomic E-state index is 4.67. The Hall–Kier alpha value is -2.14. The van der Waals surface area contributed by atoms with Crippen molar-refractivity contribution in [1.29, 1.82) is 0 Å². The first kappa shape index (κ1) is 13.8.